The van der Waals surface area contributed by atoms with E-state index in [9.17, 15) is 13.6 Å². The van der Waals surface area contributed by atoms with Gasteiger partial charge in [-0.15, -0.1) is 0 Å². The number of aromatic nitrogens is 1. The number of amides is 1. The van der Waals surface area contributed by atoms with Crippen LogP contribution in [0.15, 0.2) is 18.3 Å². The van der Waals surface area contributed by atoms with Crippen LogP contribution in [0.5, 0.6) is 0 Å². The van der Waals surface area contributed by atoms with Crippen LogP contribution in [0.2, 0.25) is 0 Å². The highest BCUT2D eigenvalue weighted by Crippen LogP contribution is 2.31. The van der Waals surface area contributed by atoms with Crippen LogP contribution in [-0.4, -0.2) is 60.0 Å². The molecule has 3 heterocycles. The van der Waals surface area contributed by atoms with Gasteiger partial charge in [0.1, 0.15) is 17.9 Å². The average Bonchev–Trinajstić information content (AvgIpc) is 3.01. The Morgan fingerprint density at radius 2 is 2.07 bits per heavy atom. The number of likely N-dealkylation sites (tertiary alicyclic amines) is 1. The van der Waals surface area contributed by atoms with Crippen molar-refractivity contribution in [2.24, 2.45) is 0 Å². The Kier molecular flexibility index (Phi) is 5.52. The highest BCUT2D eigenvalue weighted by atomic mass is 19.3. The number of nitriles is 2. The smallest absolute Gasteiger partial charge is 0.268 e. The Hall–Kier alpha value is -2.78. The topological polar surface area (TPSA) is 96.0 Å². The van der Waals surface area contributed by atoms with E-state index >= 15 is 0 Å². The highest BCUT2D eigenvalue weighted by Gasteiger charge is 2.47. The molecular formula is C18H20F2N6O. The van der Waals surface area contributed by atoms with E-state index in [4.69, 9.17) is 10.5 Å². The summed E-state index contributed by atoms with van der Waals surface area (Å²) in [5.41, 5.74) is 0.511. The van der Waals surface area contributed by atoms with Gasteiger partial charge in [0.25, 0.3) is 5.92 Å². The number of halogens is 2. The van der Waals surface area contributed by atoms with Crippen molar-refractivity contribution in [3.8, 4) is 12.1 Å². The van der Waals surface area contributed by atoms with E-state index in [0.29, 0.717) is 5.56 Å². The van der Waals surface area contributed by atoms with Crippen molar-refractivity contribution in [2.45, 2.75) is 37.3 Å². The Morgan fingerprint density at radius 1 is 1.33 bits per heavy atom. The number of hydrogen-bond acceptors (Lipinski definition) is 6. The molecule has 2 saturated heterocycles. The molecule has 0 bridgehead atoms. The minimum absolute atomic E-state index is 0.0476. The number of carbonyl (C=O) groups excluding carboxylic acids is 1. The first-order valence-corrected chi connectivity index (χ1v) is 8.83. The summed E-state index contributed by atoms with van der Waals surface area (Å²) in [6.45, 7) is 0.753. The number of nitrogens with one attached hydrogen (secondary N) is 1. The number of hydrogen-bond donors (Lipinski definition) is 1. The van der Waals surface area contributed by atoms with Crippen LogP contribution < -0.4 is 10.2 Å². The van der Waals surface area contributed by atoms with Gasteiger partial charge in [0.15, 0.2) is 0 Å². The predicted octanol–water partition coefficient (Wildman–Crippen LogP) is 1.27. The molecule has 1 atom stereocenters. The third-order valence-corrected chi connectivity index (χ3v) is 4.98. The molecule has 1 amide bonds. The molecule has 0 aliphatic carbocycles. The molecule has 2 aliphatic heterocycles. The Bertz CT molecular complexity index is 762. The van der Waals surface area contributed by atoms with Gasteiger partial charge in [-0.1, -0.05) is 0 Å². The minimum atomic E-state index is -2.99. The van der Waals surface area contributed by atoms with Crippen molar-refractivity contribution >= 4 is 11.7 Å². The van der Waals surface area contributed by atoms with Crippen molar-refractivity contribution in [1.29, 1.82) is 10.5 Å². The van der Waals surface area contributed by atoms with Crippen LogP contribution >= 0.6 is 0 Å². The zero-order chi connectivity index (χ0) is 19.4. The van der Waals surface area contributed by atoms with Gasteiger partial charge >= 0.3 is 0 Å². The Balaban J connectivity index is 1.46. The summed E-state index contributed by atoms with van der Waals surface area (Å²) >= 11 is 0. The summed E-state index contributed by atoms with van der Waals surface area (Å²) in [6.07, 6.45) is 2.51. The van der Waals surface area contributed by atoms with Crippen LogP contribution in [0, 0.1) is 22.7 Å². The van der Waals surface area contributed by atoms with Crippen LogP contribution in [0.4, 0.5) is 14.6 Å². The van der Waals surface area contributed by atoms with Crippen LogP contribution in [0.25, 0.3) is 0 Å². The molecule has 2 fully saturated rings. The number of carbonyl (C=O) groups is 1. The number of anilines is 1. The maximum absolute atomic E-state index is 13.4. The van der Waals surface area contributed by atoms with E-state index < -0.39 is 30.8 Å². The molecule has 0 radical (unpaired) electrons. The Labute approximate surface area is 156 Å². The second kappa shape index (κ2) is 7.85. The van der Waals surface area contributed by atoms with Gasteiger partial charge in [-0.2, -0.15) is 10.5 Å². The molecule has 142 valence electrons. The molecule has 0 saturated carbocycles. The lowest BCUT2D eigenvalue weighted by Gasteiger charge is -2.33. The normalized spacial score (nSPS) is 22.3. The number of nitrogens with zero attached hydrogens (tertiary/aromatic N) is 5. The lowest BCUT2D eigenvalue weighted by Crippen LogP contribution is -2.47. The first-order valence-electron chi connectivity index (χ1n) is 8.83. The zero-order valence-electron chi connectivity index (χ0n) is 14.7. The lowest BCUT2D eigenvalue weighted by molar-refractivity contribution is -0.131. The SMILES string of the molecule is N#Cc1ccc(N2CCC(NCC(=O)N3CC(F)(F)C[C@H]3C#N)CC2)nc1. The quantitative estimate of drug-likeness (QED) is 0.853. The standard InChI is InChI=1S/C18H20F2N6O/c19-18(20)7-15(9-22)26(12-18)17(27)11-23-14-3-5-25(6-4-14)16-2-1-13(8-21)10-24-16/h1-2,10,14-15,23H,3-7,11-12H2/t15-/m0/s1. The average molecular weight is 374 g/mol. The van der Waals surface area contributed by atoms with Gasteiger partial charge in [-0.25, -0.2) is 13.8 Å². The van der Waals surface area contributed by atoms with Crippen molar-refractivity contribution in [3.05, 3.63) is 23.9 Å². The summed E-state index contributed by atoms with van der Waals surface area (Å²) in [7, 11) is 0. The number of rotatable bonds is 4. The van der Waals surface area contributed by atoms with Gasteiger partial charge in [-0.3, -0.25) is 4.79 Å². The third-order valence-electron chi connectivity index (χ3n) is 4.98. The maximum Gasteiger partial charge on any atom is 0.268 e. The molecule has 3 rings (SSSR count). The summed E-state index contributed by atoms with van der Waals surface area (Å²) < 4.78 is 26.9. The van der Waals surface area contributed by atoms with Crippen LogP contribution in [0.1, 0.15) is 24.8 Å². The molecule has 27 heavy (non-hydrogen) atoms. The van der Waals surface area contributed by atoms with Gasteiger partial charge in [-0.05, 0) is 25.0 Å². The third kappa shape index (κ3) is 4.50. The van der Waals surface area contributed by atoms with E-state index in [1.165, 1.54) is 6.20 Å². The van der Waals surface area contributed by atoms with E-state index in [0.717, 1.165) is 36.6 Å². The molecule has 7 nitrogen and oxygen atoms in total. The van der Waals surface area contributed by atoms with E-state index in [1.807, 2.05) is 12.1 Å². The van der Waals surface area contributed by atoms with Crippen molar-refractivity contribution in [3.63, 3.8) is 0 Å². The van der Waals surface area contributed by atoms with Crippen LogP contribution in [0.3, 0.4) is 0 Å². The molecular weight excluding hydrogens is 354 g/mol. The summed E-state index contributed by atoms with van der Waals surface area (Å²) in [5, 5.41) is 20.9. The Morgan fingerprint density at radius 3 is 2.67 bits per heavy atom. The maximum atomic E-state index is 13.4. The number of piperidine rings is 1. The molecule has 0 spiro atoms. The fraction of sp³-hybridized carbons (Fsp3) is 0.556. The van der Waals surface area contributed by atoms with Gasteiger partial charge in [0, 0.05) is 31.7 Å². The molecule has 2 aliphatic rings. The molecule has 1 aromatic heterocycles. The largest absolute Gasteiger partial charge is 0.357 e. The molecule has 1 N–H and O–H groups in total. The first-order chi connectivity index (χ1) is 12.9. The van der Waals surface area contributed by atoms with E-state index in [1.54, 1.807) is 12.1 Å². The number of pyridine rings is 1. The first kappa shape index (κ1) is 19.0. The second-order valence-corrected chi connectivity index (χ2v) is 6.89. The zero-order valence-corrected chi connectivity index (χ0v) is 14.7. The monoisotopic (exact) mass is 374 g/mol. The second-order valence-electron chi connectivity index (χ2n) is 6.89. The van der Waals surface area contributed by atoms with Gasteiger partial charge < -0.3 is 15.1 Å². The molecule has 0 unspecified atom stereocenters. The fourth-order valence-electron chi connectivity index (χ4n) is 3.48. The minimum Gasteiger partial charge on any atom is -0.357 e. The molecule has 9 heteroatoms. The summed E-state index contributed by atoms with van der Waals surface area (Å²) in [5.74, 6) is -2.65. The number of alkyl halides is 2. The van der Waals surface area contributed by atoms with E-state index in [2.05, 4.69) is 15.2 Å². The van der Waals surface area contributed by atoms with Crippen molar-refractivity contribution in [2.75, 3.05) is 31.1 Å². The van der Waals surface area contributed by atoms with Gasteiger partial charge in [0.2, 0.25) is 5.91 Å². The van der Waals surface area contributed by atoms with Crippen molar-refractivity contribution in [1.82, 2.24) is 15.2 Å². The van der Waals surface area contributed by atoms with Crippen LogP contribution in [-0.2, 0) is 4.79 Å². The lowest BCUT2D eigenvalue weighted by atomic mass is 10.0. The molecule has 1 aromatic rings. The highest BCUT2D eigenvalue weighted by molar-refractivity contribution is 5.79. The predicted molar refractivity (Wildman–Crippen MR) is 92.9 cm³/mol. The van der Waals surface area contributed by atoms with Crippen molar-refractivity contribution < 1.29 is 13.6 Å². The molecule has 0 aromatic carbocycles. The summed E-state index contributed by atoms with van der Waals surface area (Å²) in [4.78, 5) is 19.6. The summed E-state index contributed by atoms with van der Waals surface area (Å²) in [6, 6.07) is 6.40. The van der Waals surface area contributed by atoms with Gasteiger partial charge in [0.05, 0.1) is 24.7 Å². The fourth-order valence-corrected chi connectivity index (χ4v) is 3.48. The van der Waals surface area contributed by atoms with E-state index in [-0.39, 0.29) is 12.6 Å².